The molecule has 1 atom stereocenters. The molecule has 0 spiro atoms. The number of aliphatic hydroxyl groups is 1. The zero-order chi connectivity index (χ0) is 27.2. The molecule has 5 rings (SSSR count). The van der Waals surface area contributed by atoms with E-state index in [9.17, 15) is 13.9 Å². The number of aromatic nitrogens is 2. The van der Waals surface area contributed by atoms with Crippen molar-refractivity contribution < 1.29 is 23.4 Å². The maximum Gasteiger partial charge on any atom is 0.387 e. The number of hydrogen-bond acceptors (Lipinski definition) is 7. The lowest BCUT2D eigenvalue weighted by Gasteiger charge is -2.35. The molecule has 0 amide bonds. The number of nitrogens with one attached hydrogen (secondary N) is 1. The number of aliphatic hydroxyl groups excluding tert-OH is 1. The van der Waals surface area contributed by atoms with E-state index in [-0.39, 0.29) is 12.4 Å². The Kier molecular flexibility index (Phi) is 8.32. The summed E-state index contributed by atoms with van der Waals surface area (Å²) in [5.41, 5.74) is 4.02. The van der Waals surface area contributed by atoms with Crippen LogP contribution in [0, 0.1) is 11.3 Å². The van der Waals surface area contributed by atoms with Gasteiger partial charge >= 0.3 is 6.61 Å². The van der Waals surface area contributed by atoms with Crippen LogP contribution in [0.3, 0.4) is 0 Å². The smallest absolute Gasteiger partial charge is 0.387 e. The molecule has 10 heteroatoms. The van der Waals surface area contributed by atoms with Gasteiger partial charge in [-0.25, -0.2) is 0 Å². The second-order valence-electron chi connectivity index (χ2n) is 9.51. The first-order valence-electron chi connectivity index (χ1n) is 12.7. The van der Waals surface area contributed by atoms with E-state index in [1.165, 1.54) is 12.1 Å². The van der Waals surface area contributed by atoms with Crippen molar-refractivity contribution in [1.29, 1.82) is 5.26 Å². The highest BCUT2D eigenvalue weighted by Gasteiger charge is 2.20. The van der Waals surface area contributed by atoms with E-state index in [0.717, 1.165) is 60.4 Å². The second kappa shape index (κ2) is 12.2. The van der Waals surface area contributed by atoms with Crippen LogP contribution in [0.15, 0.2) is 66.9 Å². The van der Waals surface area contributed by atoms with Gasteiger partial charge in [0.15, 0.2) is 0 Å². The maximum absolute atomic E-state index is 12.4. The Morgan fingerprint density at radius 1 is 1.03 bits per heavy atom. The van der Waals surface area contributed by atoms with Gasteiger partial charge in [-0.2, -0.15) is 14.0 Å². The summed E-state index contributed by atoms with van der Waals surface area (Å²) in [5, 5.41) is 20.5. The van der Waals surface area contributed by atoms with Crippen molar-refractivity contribution in [3.8, 4) is 28.8 Å². The Labute approximate surface area is 225 Å². The van der Waals surface area contributed by atoms with Crippen LogP contribution in [0.2, 0.25) is 0 Å². The van der Waals surface area contributed by atoms with Gasteiger partial charge in [0.1, 0.15) is 36.0 Å². The number of rotatable bonds is 10. The molecule has 1 unspecified atom stereocenters. The van der Waals surface area contributed by atoms with E-state index in [1.807, 2.05) is 30.3 Å². The molecular formula is C29H29F2N5O3. The normalized spacial score (nSPS) is 15.4. The third kappa shape index (κ3) is 6.89. The lowest BCUT2D eigenvalue weighted by atomic mass is 10.1. The maximum atomic E-state index is 12.4. The van der Waals surface area contributed by atoms with Gasteiger partial charge in [0.2, 0.25) is 0 Å². The largest absolute Gasteiger partial charge is 0.490 e. The Hall–Kier alpha value is -4.04. The molecule has 0 aliphatic carbocycles. The molecule has 39 heavy (non-hydrogen) atoms. The number of nitriles is 1. The van der Waals surface area contributed by atoms with E-state index in [4.69, 9.17) is 10.00 Å². The summed E-state index contributed by atoms with van der Waals surface area (Å²) < 4.78 is 35.1. The lowest BCUT2D eigenvalue weighted by molar-refractivity contribution is -0.0498. The van der Waals surface area contributed by atoms with Crippen LogP contribution >= 0.6 is 0 Å². The van der Waals surface area contributed by atoms with Crippen LogP contribution in [-0.4, -0.2) is 76.9 Å². The first-order valence-corrected chi connectivity index (χ1v) is 12.7. The number of ether oxygens (including phenoxy) is 2. The topological polar surface area (TPSA) is 97.6 Å². The molecular weight excluding hydrogens is 504 g/mol. The standard InChI is InChI=1S/C29H29F2N5O3/c30-29(31)39-24-6-4-21(5-7-24)27-14-20(8-9-33-27)17-35-10-12-36(13-11-35)18-23(37)19-38-28-3-1-2-26-25(28)15-22(16-32)34-26/h1-9,14-15,23,29,34,37H,10-13,17-19H2. The molecule has 8 nitrogen and oxygen atoms in total. The van der Waals surface area contributed by atoms with Crippen molar-refractivity contribution in [1.82, 2.24) is 19.8 Å². The molecule has 2 aromatic heterocycles. The van der Waals surface area contributed by atoms with E-state index >= 15 is 0 Å². The highest BCUT2D eigenvalue weighted by atomic mass is 19.3. The fraction of sp³-hybridized carbons (Fsp3) is 0.310. The van der Waals surface area contributed by atoms with E-state index < -0.39 is 12.7 Å². The number of nitrogens with zero attached hydrogens (tertiary/aromatic N) is 4. The Balaban J connectivity index is 1.09. The quantitative estimate of drug-likeness (QED) is 0.314. The summed E-state index contributed by atoms with van der Waals surface area (Å²) in [4.78, 5) is 12.1. The fourth-order valence-corrected chi connectivity index (χ4v) is 4.78. The molecule has 1 aliphatic rings. The average Bonchev–Trinajstić information content (AvgIpc) is 3.38. The number of pyridine rings is 1. The fourth-order valence-electron chi connectivity index (χ4n) is 4.78. The van der Waals surface area contributed by atoms with Gasteiger partial charge in [-0.3, -0.25) is 14.8 Å². The molecule has 1 aliphatic heterocycles. The Morgan fingerprint density at radius 2 is 1.79 bits per heavy atom. The number of piperazine rings is 1. The predicted molar refractivity (Wildman–Crippen MR) is 143 cm³/mol. The van der Waals surface area contributed by atoms with Crippen molar-refractivity contribution in [2.45, 2.75) is 19.3 Å². The molecule has 0 radical (unpaired) electrons. The number of benzene rings is 2. The summed E-state index contributed by atoms with van der Waals surface area (Å²) >= 11 is 0. The summed E-state index contributed by atoms with van der Waals surface area (Å²) in [7, 11) is 0. The summed E-state index contributed by atoms with van der Waals surface area (Å²) in [6.07, 6.45) is 1.12. The van der Waals surface area contributed by atoms with Crippen molar-refractivity contribution in [3.05, 3.63) is 78.1 Å². The third-order valence-electron chi connectivity index (χ3n) is 6.72. The van der Waals surface area contributed by atoms with Gasteiger partial charge < -0.3 is 19.6 Å². The molecule has 0 bridgehead atoms. The zero-order valence-corrected chi connectivity index (χ0v) is 21.3. The minimum atomic E-state index is -2.85. The van der Waals surface area contributed by atoms with Gasteiger partial charge in [-0.05, 0) is 60.2 Å². The van der Waals surface area contributed by atoms with Crippen LogP contribution < -0.4 is 9.47 Å². The highest BCUT2D eigenvalue weighted by Crippen LogP contribution is 2.26. The Morgan fingerprint density at radius 3 is 2.54 bits per heavy atom. The number of hydrogen-bond donors (Lipinski definition) is 2. The number of aromatic amines is 1. The van der Waals surface area contributed by atoms with Crippen molar-refractivity contribution in [2.75, 3.05) is 39.3 Å². The molecule has 202 valence electrons. The molecule has 0 saturated carbocycles. The van der Waals surface area contributed by atoms with Crippen LogP contribution in [-0.2, 0) is 6.54 Å². The minimum absolute atomic E-state index is 0.117. The average molecular weight is 534 g/mol. The predicted octanol–water partition coefficient (Wildman–Crippen LogP) is 4.26. The molecule has 2 N–H and O–H groups in total. The van der Waals surface area contributed by atoms with E-state index in [1.54, 1.807) is 24.4 Å². The number of β-amino-alcohol motifs (C(OH)–C–C–N with tert-alkyl or cyclic N) is 1. The number of halogens is 2. The van der Waals surface area contributed by atoms with Gasteiger partial charge in [0, 0.05) is 56.4 Å². The second-order valence-corrected chi connectivity index (χ2v) is 9.51. The number of alkyl halides is 2. The van der Waals surface area contributed by atoms with Gasteiger partial charge in [0.05, 0.1) is 11.2 Å². The first kappa shape index (κ1) is 26.6. The zero-order valence-electron chi connectivity index (χ0n) is 21.3. The molecule has 3 heterocycles. The van der Waals surface area contributed by atoms with E-state index in [0.29, 0.717) is 18.0 Å². The van der Waals surface area contributed by atoms with Crippen LogP contribution in [0.4, 0.5) is 8.78 Å². The summed E-state index contributed by atoms with van der Waals surface area (Å²) in [6.45, 7) is 2.01. The SMILES string of the molecule is N#Cc1cc2c(OCC(O)CN3CCN(Cc4ccnc(-c5ccc(OC(F)F)cc5)c4)CC3)cccc2[nH]1. The lowest BCUT2D eigenvalue weighted by Crippen LogP contribution is -2.48. The van der Waals surface area contributed by atoms with Crippen molar-refractivity contribution in [2.24, 2.45) is 0 Å². The van der Waals surface area contributed by atoms with Crippen LogP contribution in [0.5, 0.6) is 11.5 Å². The third-order valence-corrected chi connectivity index (χ3v) is 6.72. The first-order chi connectivity index (χ1) is 19.0. The van der Waals surface area contributed by atoms with Crippen LogP contribution in [0.1, 0.15) is 11.3 Å². The van der Waals surface area contributed by atoms with Gasteiger partial charge in [0.25, 0.3) is 0 Å². The minimum Gasteiger partial charge on any atom is -0.490 e. The molecule has 2 aromatic carbocycles. The number of fused-ring (bicyclic) bond motifs is 1. The van der Waals surface area contributed by atoms with Crippen molar-refractivity contribution >= 4 is 10.9 Å². The Bertz CT molecular complexity index is 1430. The van der Waals surface area contributed by atoms with Crippen molar-refractivity contribution in [3.63, 3.8) is 0 Å². The highest BCUT2D eigenvalue weighted by molar-refractivity contribution is 5.87. The van der Waals surface area contributed by atoms with Gasteiger partial charge in [-0.15, -0.1) is 0 Å². The molecule has 1 saturated heterocycles. The monoisotopic (exact) mass is 533 g/mol. The molecule has 4 aromatic rings. The summed E-state index contributed by atoms with van der Waals surface area (Å²) in [5.74, 6) is 0.759. The number of H-pyrrole nitrogens is 1. The van der Waals surface area contributed by atoms with E-state index in [2.05, 4.69) is 30.6 Å². The van der Waals surface area contributed by atoms with Crippen LogP contribution in [0.25, 0.3) is 22.2 Å². The van der Waals surface area contributed by atoms with Gasteiger partial charge in [-0.1, -0.05) is 6.07 Å². The molecule has 1 fully saturated rings. The summed E-state index contributed by atoms with van der Waals surface area (Å²) in [6, 6.07) is 19.9.